The van der Waals surface area contributed by atoms with Crippen LogP contribution >= 0.6 is 0 Å². The van der Waals surface area contributed by atoms with Crippen molar-refractivity contribution < 1.29 is 0 Å². The Morgan fingerprint density at radius 2 is 0.981 bits per heavy atom. The number of benzene rings is 8. The fourth-order valence-corrected chi connectivity index (χ4v) is 8.56. The Balaban J connectivity index is 1.13. The lowest BCUT2D eigenvalue weighted by atomic mass is 9.73. The van der Waals surface area contributed by atoms with Crippen LogP contribution in [0.4, 0.5) is 34.1 Å². The summed E-state index contributed by atoms with van der Waals surface area (Å²) in [5.41, 5.74) is 15.3. The summed E-state index contributed by atoms with van der Waals surface area (Å²) >= 11 is 0. The lowest BCUT2D eigenvalue weighted by Crippen LogP contribution is -2.30. The van der Waals surface area contributed by atoms with Gasteiger partial charge in [-0.15, -0.1) is 0 Å². The highest BCUT2D eigenvalue weighted by Crippen LogP contribution is 2.53. The Bertz CT molecular complexity index is 2800. The monoisotopic (exact) mass is 693 g/mol. The van der Waals surface area contributed by atoms with Crippen molar-refractivity contribution in [3.63, 3.8) is 0 Å². The molecule has 0 spiro atoms. The Morgan fingerprint density at radius 3 is 1.78 bits per heavy atom. The van der Waals surface area contributed by atoms with Crippen LogP contribution in [0.3, 0.4) is 0 Å². The minimum Gasteiger partial charge on any atom is -0.310 e. The van der Waals surface area contributed by atoms with E-state index in [4.69, 9.17) is 0 Å². The SMILES string of the molecule is CC1(C)c2ccccc2N(c2ccccc2)c2cc(N(c3ccccc3)c3cccc(-c4ccc5c(c4)c4ccccc4n5-c4ccccc4)c3)ccc21. The molecule has 9 aromatic rings. The average Bonchev–Trinajstić information content (AvgIpc) is 3.56. The fourth-order valence-electron chi connectivity index (χ4n) is 8.56. The van der Waals surface area contributed by atoms with Crippen molar-refractivity contribution in [2.45, 2.75) is 19.3 Å². The van der Waals surface area contributed by atoms with Crippen LogP contribution in [0.15, 0.2) is 200 Å². The molecule has 0 fully saturated rings. The Kier molecular flexibility index (Phi) is 7.48. The second-order valence-electron chi connectivity index (χ2n) is 14.7. The average molecular weight is 694 g/mol. The molecule has 0 amide bonds. The number of fused-ring (bicyclic) bond motifs is 5. The van der Waals surface area contributed by atoms with Crippen molar-refractivity contribution in [3.8, 4) is 16.8 Å². The predicted molar refractivity (Wildman–Crippen MR) is 228 cm³/mol. The number of nitrogens with zero attached hydrogens (tertiary/aromatic N) is 3. The Hall–Kier alpha value is -6.84. The minimum absolute atomic E-state index is 0.171. The number of aromatic nitrogens is 1. The molecule has 0 atom stereocenters. The molecule has 1 aliphatic rings. The summed E-state index contributed by atoms with van der Waals surface area (Å²) < 4.78 is 2.37. The van der Waals surface area contributed by atoms with E-state index in [0.717, 1.165) is 22.7 Å². The van der Waals surface area contributed by atoms with Crippen molar-refractivity contribution in [3.05, 3.63) is 211 Å². The van der Waals surface area contributed by atoms with Crippen LogP contribution in [-0.4, -0.2) is 4.57 Å². The number of anilines is 6. The van der Waals surface area contributed by atoms with Gasteiger partial charge in [0.1, 0.15) is 0 Å². The first kappa shape index (κ1) is 31.9. The van der Waals surface area contributed by atoms with E-state index in [9.17, 15) is 0 Å². The molecule has 3 heteroatoms. The van der Waals surface area contributed by atoms with E-state index in [0.29, 0.717) is 0 Å². The van der Waals surface area contributed by atoms with Gasteiger partial charge in [0.2, 0.25) is 0 Å². The van der Waals surface area contributed by atoms with Gasteiger partial charge in [0.25, 0.3) is 0 Å². The molecule has 0 unspecified atom stereocenters. The first-order valence-corrected chi connectivity index (χ1v) is 18.7. The maximum atomic E-state index is 2.43. The van der Waals surface area contributed by atoms with Gasteiger partial charge in [-0.05, 0) is 107 Å². The van der Waals surface area contributed by atoms with Crippen LogP contribution in [-0.2, 0) is 5.41 Å². The topological polar surface area (TPSA) is 11.4 Å². The van der Waals surface area contributed by atoms with Crippen molar-refractivity contribution in [2.24, 2.45) is 0 Å². The summed E-state index contributed by atoms with van der Waals surface area (Å²) in [5.74, 6) is 0. The molecule has 0 bridgehead atoms. The summed E-state index contributed by atoms with van der Waals surface area (Å²) in [5, 5.41) is 2.50. The van der Waals surface area contributed by atoms with Gasteiger partial charge in [-0.25, -0.2) is 0 Å². The molecular weight excluding hydrogens is 655 g/mol. The third-order valence-corrected chi connectivity index (χ3v) is 11.1. The van der Waals surface area contributed by atoms with Crippen molar-refractivity contribution >= 4 is 55.9 Å². The van der Waals surface area contributed by atoms with E-state index < -0.39 is 0 Å². The lowest BCUT2D eigenvalue weighted by Gasteiger charge is -2.42. The second-order valence-corrected chi connectivity index (χ2v) is 14.7. The highest BCUT2D eigenvalue weighted by atomic mass is 15.2. The van der Waals surface area contributed by atoms with Crippen LogP contribution in [0.25, 0.3) is 38.6 Å². The molecule has 8 aromatic carbocycles. The molecule has 0 N–H and O–H groups in total. The van der Waals surface area contributed by atoms with Crippen molar-refractivity contribution in [1.82, 2.24) is 4.57 Å². The van der Waals surface area contributed by atoms with Gasteiger partial charge in [0.15, 0.2) is 0 Å². The zero-order valence-corrected chi connectivity index (χ0v) is 30.4. The molecule has 10 rings (SSSR count). The number of hydrogen-bond donors (Lipinski definition) is 0. The van der Waals surface area contributed by atoms with E-state index in [1.54, 1.807) is 0 Å². The van der Waals surface area contributed by atoms with Gasteiger partial charge in [0, 0.05) is 44.6 Å². The normalized spacial score (nSPS) is 13.1. The van der Waals surface area contributed by atoms with E-state index in [2.05, 4.69) is 228 Å². The van der Waals surface area contributed by atoms with E-state index >= 15 is 0 Å². The lowest BCUT2D eigenvalue weighted by molar-refractivity contribution is 0.632. The molecule has 258 valence electrons. The van der Waals surface area contributed by atoms with E-state index in [1.807, 2.05) is 0 Å². The summed E-state index contributed by atoms with van der Waals surface area (Å²) in [7, 11) is 0. The van der Waals surface area contributed by atoms with Crippen LogP contribution in [0.1, 0.15) is 25.0 Å². The van der Waals surface area contributed by atoms with Crippen LogP contribution in [0.2, 0.25) is 0 Å². The van der Waals surface area contributed by atoms with Crippen LogP contribution in [0, 0.1) is 0 Å². The molecule has 0 saturated heterocycles. The summed E-state index contributed by atoms with van der Waals surface area (Å²) in [6.45, 7) is 4.69. The van der Waals surface area contributed by atoms with Gasteiger partial charge in [-0.1, -0.05) is 129 Å². The van der Waals surface area contributed by atoms with E-state index in [1.165, 1.54) is 61.1 Å². The highest BCUT2D eigenvalue weighted by Gasteiger charge is 2.37. The van der Waals surface area contributed by atoms with Crippen LogP contribution < -0.4 is 9.80 Å². The molecule has 1 aliphatic heterocycles. The van der Waals surface area contributed by atoms with Crippen molar-refractivity contribution in [1.29, 1.82) is 0 Å². The first-order chi connectivity index (χ1) is 26.6. The standard InChI is InChI=1S/C51H39N3/c1-51(2)45-26-13-15-28-49(45)54(40-22-10-5-11-23-40)50-35-42(30-31-46(50)51)52(38-18-6-3-7-19-38)41-24-16-17-36(33-41)37-29-32-48-44(34-37)43-25-12-14-27-47(43)53(48)39-20-8-4-9-21-39/h3-35H,1-2H3. The maximum Gasteiger partial charge on any atom is 0.0541 e. The predicted octanol–water partition coefficient (Wildman–Crippen LogP) is 14.0. The maximum absolute atomic E-state index is 2.43. The van der Waals surface area contributed by atoms with Crippen LogP contribution in [0.5, 0.6) is 0 Å². The number of para-hydroxylation sites is 5. The first-order valence-electron chi connectivity index (χ1n) is 18.7. The summed E-state index contributed by atoms with van der Waals surface area (Å²) in [6.07, 6.45) is 0. The smallest absolute Gasteiger partial charge is 0.0541 e. The number of rotatable bonds is 6. The van der Waals surface area contributed by atoms with Gasteiger partial charge in [-0.2, -0.15) is 0 Å². The molecule has 0 aliphatic carbocycles. The Labute approximate surface area is 316 Å². The molecule has 0 saturated carbocycles. The Morgan fingerprint density at radius 1 is 0.389 bits per heavy atom. The van der Waals surface area contributed by atoms with E-state index in [-0.39, 0.29) is 5.41 Å². The molecule has 1 aromatic heterocycles. The third-order valence-electron chi connectivity index (χ3n) is 11.1. The van der Waals surface area contributed by atoms with Gasteiger partial charge < -0.3 is 14.4 Å². The third kappa shape index (κ3) is 5.12. The molecule has 54 heavy (non-hydrogen) atoms. The minimum atomic E-state index is -0.171. The second kappa shape index (κ2) is 12.7. The zero-order valence-electron chi connectivity index (χ0n) is 30.4. The summed E-state index contributed by atoms with van der Waals surface area (Å²) in [6, 6.07) is 72.6. The molecule has 0 radical (unpaired) electrons. The van der Waals surface area contributed by atoms with Crippen molar-refractivity contribution in [2.75, 3.05) is 9.80 Å². The highest BCUT2D eigenvalue weighted by molar-refractivity contribution is 6.10. The van der Waals surface area contributed by atoms with Gasteiger partial charge in [0.05, 0.1) is 22.4 Å². The quantitative estimate of drug-likeness (QED) is 0.172. The molecule has 2 heterocycles. The zero-order chi connectivity index (χ0) is 36.2. The fraction of sp³-hybridized carbons (Fsp3) is 0.0588. The number of hydrogen-bond acceptors (Lipinski definition) is 2. The summed E-state index contributed by atoms with van der Waals surface area (Å²) in [4.78, 5) is 4.82. The van der Waals surface area contributed by atoms with Gasteiger partial charge in [-0.3, -0.25) is 0 Å². The molecule has 3 nitrogen and oxygen atoms in total. The molecular formula is C51H39N3. The largest absolute Gasteiger partial charge is 0.310 e. The van der Waals surface area contributed by atoms with Gasteiger partial charge >= 0.3 is 0 Å².